The Labute approximate surface area is 148 Å². The quantitative estimate of drug-likeness (QED) is 0.551. The van der Waals surface area contributed by atoms with Crippen molar-refractivity contribution in [3.8, 4) is 11.3 Å². The van der Waals surface area contributed by atoms with E-state index < -0.39 is 5.91 Å². The van der Waals surface area contributed by atoms with Gasteiger partial charge in [-0.2, -0.15) is 0 Å². The molecule has 0 unspecified atom stereocenters. The van der Waals surface area contributed by atoms with Gasteiger partial charge in [0.15, 0.2) is 0 Å². The van der Waals surface area contributed by atoms with Crippen molar-refractivity contribution in [1.29, 1.82) is 0 Å². The molecular formula is C16H16ClN5O3. The van der Waals surface area contributed by atoms with Gasteiger partial charge < -0.3 is 20.8 Å². The standard InChI is InChI=1S/C16H16ClN5O3/c17-11-3-1-2-10(8-11)13-5-4-12(24-13)9-19-6-7-20-16(23)14-15(18)22-25-21-14/h1-5,8,19H,6-7,9H2,(H2,18,22)(H,20,23). The summed E-state index contributed by atoms with van der Waals surface area (Å²) in [5.74, 6) is 1.07. The van der Waals surface area contributed by atoms with E-state index in [1.165, 1.54) is 0 Å². The molecule has 4 N–H and O–H groups in total. The highest BCUT2D eigenvalue weighted by molar-refractivity contribution is 6.30. The summed E-state index contributed by atoms with van der Waals surface area (Å²) in [6.07, 6.45) is 0. The van der Waals surface area contributed by atoms with Crippen LogP contribution < -0.4 is 16.4 Å². The maximum absolute atomic E-state index is 11.7. The molecule has 0 bridgehead atoms. The number of amides is 1. The molecule has 3 aromatic rings. The fourth-order valence-electron chi connectivity index (χ4n) is 2.18. The molecule has 1 aromatic carbocycles. The van der Waals surface area contributed by atoms with Gasteiger partial charge in [0.25, 0.3) is 5.91 Å². The zero-order valence-electron chi connectivity index (χ0n) is 13.2. The molecule has 0 saturated heterocycles. The molecule has 2 heterocycles. The van der Waals surface area contributed by atoms with Crippen molar-refractivity contribution in [2.24, 2.45) is 0 Å². The molecule has 0 aliphatic heterocycles. The summed E-state index contributed by atoms with van der Waals surface area (Å²) in [6, 6.07) is 11.2. The van der Waals surface area contributed by atoms with Crippen LogP contribution in [0, 0.1) is 0 Å². The molecule has 9 heteroatoms. The maximum Gasteiger partial charge on any atom is 0.277 e. The first-order valence-electron chi connectivity index (χ1n) is 7.55. The topological polar surface area (TPSA) is 119 Å². The lowest BCUT2D eigenvalue weighted by atomic mass is 10.2. The number of furan rings is 1. The summed E-state index contributed by atoms with van der Waals surface area (Å²) < 4.78 is 10.1. The SMILES string of the molecule is Nc1nonc1C(=O)NCCNCc1ccc(-c2cccc(Cl)c2)o1. The third-order valence-electron chi connectivity index (χ3n) is 3.39. The molecule has 0 saturated carbocycles. The molecule has 3 rings (SSSR count). The first-order chi connectivity index (χ1) is 12.1. The van der Waals surface area contributed by atoms with Gasteiger partial charge in [0.05, 0.1) is 6.54 Å². The largest absolute Gasteiger partial charge is 0.460 e. The Morgan fingerprint density at radius 1 is 1.20 bits per heavy atom. The van der Waals surface area contributed by atoms with Crippen LogP contribution in [0.5, 0.6) is 0 Å². The molecule has 0 spiro atoms. The highest BCUT2D eigenvalue weighted by Crippen LogP contribution is 2.24. The van der Waals surface area contributed by atoms with Crippen LogP contribution in [0.15, 0.2) is 45.4 Å². The molecule has 130 valence electrons. The maximum atomic E-state index is 11.7. The molecule has 0 fully saturated rings. The van der Waals surface area contributed by atoms with Gasteiger partial charge in [0, 0.05) is 23.7 Å². The number of nitrogens with zero attached hydrogens (tertiary/aromatic N) is 2. The minimum Gasteiger partial charge on any atom is -0.460 e. The van der Waals surface area contributed by atoms with E-state index in [0.29, 0.717) is 24.7 Å². The summed E-state index contributed by atoms with van der Waals surface area (Å²) in [4.78, 5) is 11.7. The van der Waals surface area contributed by atoms with E-state index in [-0.39, 0.29) is 11.5 Å². The van der Waals surface area contributed by atoms with Crippen molar-refractivity contribution < 1.29 is 13.8 Å². The molecule has 0 atom stereocenters. The van der Waals surface area contributed by atoms with Gasteiger partial charge in [-0.1, -0.05) is 23.7 Å². The zero-order valence-corrected chi connectivity index (χ0v) is 13.9. The lowest BCUT2D eigenvalue weighted by molar-refractivity contribution is 0.0944. The number of halogens is 1. The fourth-order valence-corrected chi connectivity index (χ4v) is 2.37. The number of hydrogen-bond donors (Lipinski definition) is 3. The Morgan fingerprint density at radius 3 is 2.84 bits per heavy atom. The number of carbonyl (C=O) groups is 1. The van der Waals surface area contributed by atoms with E-state index in [2.05, 4.69) is 25.6 Å². The fraction of sp³-hybridized carbons (Fsp3) is 0.188. The number of nitrogen functional groups attached to an aromatic ring is 1. The van der Waals surface area contributed by atoms with Crippen molar-refractivity contribution in [1.82, 2.24) is 20.9 Å². The lowest BCUT2D eigenvalue weighted by Crippen LogP contribution is -2.32. The van der Waals surface area contributed by atoms with Gasteiger partial charge in [0.2, 0.25) is 11.5 Å². The Kier molecular flexibility index (Phi) is 5.32. The van der Waals surface area contributed by atoms with Gasteiger partial charge >= 0.3 is 0 Å². The summed E-state index contributed by atoms with van der Waals surface area (Å²) >= 11 is 5.98. The average molecular weight is 362 g/mol. The third-order valence-corrected chi connectivity index (χ3v) is 3.62. The monoisotopic (exact) mass is 361 g/mol. The van der Waals surface area contributed by atoms with Gasteiger partial charge in [-0.3, -0.25) is 4.79 Å². The van der Waals surface area contributed by atoms with E-state index in [1.807, 2.05) is 36.4 Å². The number of benzene rings is 1. The van der Waals surface area contributed by atoms with E-state index in [0.717, 1.165) is 17.1 Å². The summed E-state index contributed by atoms with van der Waals surface area (Å²) in [7, 11) is 0. The molecule has 8 nitrogen and oxygen atoms in total. The van der Waals surface area contributed by atoms with Crippen molar-refractivity contribution >= 4 is 23.3 Å². The van der Waals surface area contributed by atoms with Crippen molar-refractivity contribution in [2.45, 2.75) is 6.54 Å². The minimum absolute atomic E-state index is 0.0165. The Hall–Kier alpha value is -2.84. The molecular weight excluding hydrogens is 346 g/mol. The van der Waals surface area contributed by atoms with Crippen LogP contribution in [0.1, 0.15) is 16.2 Å². The molecule has 0 aliphatic carbocycles. The molecule has 1 amide bonds. The number of carbonyl (C=O) groups excluding carboxylic acids is 1. The zero-order chi connectivity index (χ0) is 17.6. The number of aromatic nitrogens is 2. The van der Waals surface area contributed by atoms with Crippen LogP contribution in [-0.4, -0.2) is 29.3 Å². The van der Waals surface area contributed by atoms with Crippen LogP contribution in [0.4, 0.5) is 5.82 Å². The highest BCUT2D eigenvalue weighted by Gasteiger charge is 2.14. The number of nitrogens with two attached hydrogens (primary N) is 1. The lowest BCUT2D eigenvalue weighted by Gasteiger charge is -2.04. The number of rotatable bonds is 7. The number of anilines is 1. The van der Waals surface area contributed by atoms with Crippen LogP contribution in [-0.2, 0) is 6.54 Å². The number of nitrogens with one attached hydrogen (secondary N) is 2. The van der Waals surface area contributed by atoms with Crippen molar-refractivity contribution in [3.05, 3.63) is 52.9 Å². The van der Waals surface area contributed by atoms with Crippen LogP contribution >= 0.6 is 11.6 Å². The van der Waals surface area contributed by atoms with E-state index in [9.17, 15) is 4.79 Å². The normalized spacial score (nSPS) is 10.8. The Morgan fingerprint density at radius 2 is 2.08 bits per heavy atom. The second-order valence-corrected chi connectivity index (χ2v) is 5.64. The van der Waals surface area contributed by atoms with E-state index >= 15 is 0 Å². The predicted octanol–water partition coefficient (Wildman–Crippen LogP) is 2.08. The minimum atomic E-state index is -0.429. The Bertz CT molecular complexity index is 861. The first kappa shape index (κ1) is 17.0. The van der Waals surface area contributed by atoms with Gasteiger partial charge in [0.1, 0.15) is 11.5 Å². The molecule has 0 aliphatic rings. The smallest absolute Gasteiger partial charge is 0.277 e. The van der Waals surface area contributed by atoms with Crippen LogP contribution in [0.25, 0.3) is 11.3 Å². The number of hydrogen-bond acceptors (Lipinski definition) is 7. The molecule has 2 aromatic heterocycles. The van der Waals surface area contributed by atoms with Crippen molar-refractivity contribution in [3.63, 3.8) is 0 Å². The molecule has 25 heavy (non-hydrogen) atoms. The van der Waals surface area contributed by atoms with Crippen LogP contribution in [0.2, 0.25) is 5.02 Å². The third kappa shape index (κ3) is 4.37. The predicted molar refractivity (Wildman–Crippen MR) is 91.9 cm³/mol. The van der Waals surface area contributed by atoms with E-state index in [1.54, 1.807) is 0 Å². The summed E-state index contributed by atoms with van der Waals surface area (Å²) in [5, 5.41) is 13.3. The average Bonchev–Trinajstić information content (AvgIpc) is 3.23. The Balaban J connectivity index is 1.43. The summed E-state index contributed by atoms with van der Waals surface area (Å²) in [5.41, 5.74) is 6.35. The first-order valence-corrected chi connectivity index (χ1v) is 7.93. The van der Waals surface area contributed by atoms with Crippen LogP contribution in [0.3, 0.4) is 0 Å². The highest BCUT2D eigenvalue weighted by atomic mass is 35.5. The van der Waals surface area contributed by atoms with Crippen molar-refractivity contribution in [2.75, 3.05) is 18.8 Å². The van der Waals surface area contributed by atoms with E-state index in [4.69, 9.17) is 21.8 Å². The summed E-state index contributed by atoms with van der Waals surface area (Å²) in [6.45, 7) is 1.47. The second-order valence-electron chi connectivity index (χ2n) is 5.21. The second kappa shape index (κ2) is 7.82. The van der Waals surface area contributed by atoms with Gasteiger partial charge in [-0.15, -0.1) is 0 Å². The van der Waals surface area contributed by atoms with Gasteiger partial charge in [-0.25, -0.2) is 4.63 Å². The van der Waals surface area contributed by atoms with Gasteiger partial charge in [-0.05, 0) is 34.6 Å². The molecule has 0 radical (unpaired) electrons.